The highest BCUT2D eigenvalue weighted by Crippen LogP contribution is 2.33. The highest BCUT2D eigenvalue weighted by Gasteiger charge is 2.18. The lowest BCUT2D eigenvalue weighted by atomic mass is 9.97. The molecule has 2 aromatic rings. The normalized spacial score (nSPS) is 12.2. The summed E-state index contributed by atoms with van der Waals surface area (Å²) in [6, 6.07) is 14.1. The van der Waals surface area contributed by atoms with Gasteiger partial charge in [-0.25, -0.2) is 0 Å². The average Bonchev–Trinajstić information content (AvgIpc) is 2.43. The Morgan fingerprint density at radius 2 is 1.84 bits per heavy atom. The Kier molecular flexibility index (Phi) is 4.46. The molecule has 19 heavy (non-hydrogen) atoms. The van der Waals surface area contributed by atoms with Crippen LogP contribution in [0.4, 0.5) is 0 Å². The van der Waals surface area contributed by atoms with Gasteiger partial charge >= 0.3 is 0 Å². The molecule has 0 aliphatic rings. The summed E-state index contributed by atoms with van der Waals surface area (Å²) in [6.07, 6.45) is 0. The number of hydrogen-bond acceptors (Lipinski definition) is 2. The quantitative estimate of drug-likeness (QED) is 0.912. The highest BCUT2D eigenvalue weighted by atomic mass is 35.5. The largest absolute Gasteiger partial charge is 0.496 e. The first-order chi connectivity index (χ1) is 9.17. The molecule has 1 atom stereocenters. The van der Waals surface area contributed by atoms with Gasteiger partial charge in [0, 0.05) is 10.6 Å². The molecule has 0 aliphatic carbocycles. The molecule has 100 valence electrons. The molecule has 0 aliphatic heterocycles. The number of ether oxygens (including phenoxy) is 1. The minimum atomic E-state index is 0.0178. The summed E-state index contributed by atoms with van der Waals surface area (Å²) in [5, 5.41) is 4.06. The van der Waals surface area contributed by atoms with Crippen molar-refractivity contribution < 1.29 is 4.74 Å². The molecule has 0 aromatic heterocycles. The Balaban J connectivity index is 2.51. The van der Waals surface area contributed by atoms with Crippen molar-refractivity contribution in [2.45, 2.75) is 13.0 Å². The maximum atomic E-state index is 6.29. The van der Waals surface area contributed by atoms with Gasteiger partial charge in [-0.15, -0.1) is 0 Å². The molecule has 0 radical (unpaired) electrons. The van der Waals surface area contributed by atoms with Crippen LogP contribution in [-0.4, -0.2) is 14.2 Å². The number of nitrogens with one attached hydrogen (secondary N) is 1. The van der Waals surface area contributed by atoms with Gasteiger partial charge in [0.2, 0.25) is 0 Å². The summed E-state index contributed by atoms with van der Waals surface area (Å²) < 4.78 is 5.49. The molecule has 1 N–H and O–H groups in total. The van der Waals surface area contributed by atoms with E-state index in [1.54, 1.807) is 7.11 Å². The maximum Gasteiger partial charge on any atom is 0.124 e. The smallest absolute Gasteiger partial charge is 0.124 e. The van der Waals surface area contributed by atoms with Gasteiger partial charge in [-0.1, -0.05) is 41.9 Å². The fraction of sp³-hybridized carbons (Fsp3) is 0.250. The molecular formula is C16H18ClNO. The zero-order valence-corrected chi connectivity index (χ0v) is 12.2. The Bertz CT molecular complexity index is 568. The molecule has 0 heterocycles. The number of methoxy groups -OCH3 is 1. The predicted molar refractivity (Wildman–Crippen MR) is 80.1 cm³/mol. The Labute approximate surface area is 119 Å². The maximum absolute atomic E-state index is 6.29. The van der Waals surface area contributed by atoms with Gasteiger partial charge in [-0.3, -0.25) is 0 Å². The van der Waals surface area contributed by atoms with E-state index in [0.29, 0.717) is 0 Å². The van der Waals surface area contributed by atoms with Crippen LogP contribution in [0.1, 0.15) is 22.7 Å². The van der Waals surface area contributed by atoms with E-state index in [1.165, 1.54) is 5.56 Å². The van der Waals surface area contributed by atoms with Crippen LogP contribution in [0.5, 0.6) is 5.75 Å². The second-order valence-corrected chi connectivity index (χ2v) is 4.90. The van der Waals surface area contributed by atoms with Crippen LogP contribution in [0.2, 0.25) is 5.02 Å². The lowest BCUT2D eigenvalue weighted by Gasteiger charge is -2.21. The third-order valence-corrected chi connectivity index (χ3v) is 3.55. The zero-order valence-electron chi connectivity index (χ0n) is 11.4. The predicted octanol–water partition coefficient (Wildman–Crippen LogP) is 3.97. The molecule has 0 amide bonds. The van der Waals surface area contributed by atoms with E-state index in [1.807, 2.05) is 37.4 Å². The first kappa shape index (κ1) is 13.9. The molecule has 0 bridgehead atoms. The highest BCUT2D eigenvalue weighted by molar-refractivity contribution is 6.31. The van der Waals surface area contributed by atoms with Crippen LogP contribution < -0.4 is 10.1 Å². The molecule has 2 nitrogen and oxygen atoms in total. The summed E-state index contributed by atoms with van der Waals surface area (Å²) in [5.74, 6) is 0.874. The van der Waals surface area contributed by atoms with E-state index in [9.17, 15) is 0 Å². The van der Waals surface area contributed by atoms with Crippen molar-refractivity contribution in [1.82, 2.24) is 5.32 Å². The zero-order chi connectivity index (χ0) is 13.8. The minimum absolute atomic E-state index is 0.0178. The van der Waals surface area contributed by atoms with Crippen LogP contribution in [0.25, 0.3) is 0 Å². The van der Waals surface area contributed by atoms with Crippen molar-refractivity contribution in [3.8, 4) is 5.75 Å². The first-order valence-corrected chi connectivity index (χ1v) is 6.61. The van der Waals surface area contributed by atoms with E-state index in [4.69, 9.17) is 16.3 Å². The summed E-state index contributed by atoms with van der Waals surface area (Å²) in [5.41, 5.74) is 3.31. The average molecular weight is 276 g/mol. The lowest BCUT2D eigenvalue weighted by molar-refractivity contribution is 0.405. The van der Waals surface area contributed by atoms with Crippen LogP contribution in [-0.2, 0) is 0 Å². The van der Waals surface area contributed by atoms with E-state index in [-0.39, 0.29) is 6.04 Å². The van der Waals surface area contributed by atoms with E-state index in [2.05, 4.69) is 24.4 Å². The van der Waals surface area contributed by atoms with Crippen LogP contribution in [0, 0.1) is 6.92 Å². The van der Waals surface area contributed by atoms with E-state index < -0.39 is 0 Å². The Morgan fingerprint density at radius 3 is 2.47 bits per heavy atom. The monoisotopic (exact) mass is 275 g/mol. The molecule has 0 spiro atoms. The first-order valence-electron chi connectivity index (χ1n) is 6.23. The van der Waals surface area contributed by atoms with Crippen molar-refractivity contribution in [2.75, 3.05) is 14.2 Å². The summed E-state index contributed by atoms with van der Waals surface area (Å²) in [6.45, 7) is 2.05. The molecule has 0 saturated heterocycles. The number of halogens is 1. The van der Waals surface area contributed by atoms with E-state index in [0.717, 1.165) is 21.9 Å². The fourth-order valence-electron chi connectivity index (χ4n) is 2.24. The summed E-state index contributed by atoms with van der Waals surface area (Å²) in [4.78, 5) is 0. The van der Waals surface area contributed by atoms with Crippen molar-refractivity contribution in [1.29, 1.82) is 0 Å². The van der Waals surface area contributed by atoms with Crippen LogP contribution >= 0.6 is 11.6 Å². The number of rotatable bonds is 4. The van der Waals surface area contributed by atoms with Gasteiger partial charge < -0.3 is 10.1 Å². The second kappa shape index (κ2) is 6.09. The van der Waals surface area contributed by atoms with Gasteiger partial charge in [-0.05, 0) is 37.2 Å². The third kappa shape index (κ3) is 2.91. The van der Waals surface area contributed by atoms with Gasteiger partial charge in [0.25, 0.3) is 0 Å². The summed E-state index contributed by atoms with van der Waals surface area (Å²) in [7, 11) is 3.62. The Hall–Kier alpha value is -1.51. The van der Waals surface area contributed by atoms with Gasteiger partial charge in [0.15, 0.2) is 0 Å². The third-order valence-electron chi connectivity index (χ3n) is 3.20. The topological polar surface area (TPSA) is 21.3 Å². The second-order valence-electron chi connectivity index (χ2n) is 4.49. The van der Waals surface area contributed by atoms with Gasteiger partial charge in [0.1, 0.15) is 5.75 Å². The van der Waals surface area contributed by atoms with Gasteiger partial charge in [0.05, 0.1) is 13.2 Å². The van der Waals surface area contributed by atoms with Crippen molar-refractivity contribution in [2.24, 2.45) is 0 Å². The lowest BCUT2D eigenvalue weighted by Crippen LogP contribution is -2.18. The Morgan fingerprint density at radius 1 is 1.11 bits per heavy atom. The molecular weight excluding hydrogens is 258 g/mol. The van der Waals surface area contributed by atoms with Crippen molar-refractivity contribution in [3.63, 3.8) is 0 Å². The molecule has 1 unspecified atom stereocenters. The van der Waals surface area contributed by atoms with Crippen molar-refractivity contribution in [3.05, 3.63) is 64.2 Å². The SMILES string of the molecule is CNC(c1ccccc1Cl)c1ccc(C)cc1OC. The number of benzene rings is 2. The number of aryl methyl sites for hydroxylation is 1. The summed E-state index contributed by atoms with van der Waals surface area (Å²) >= 11 is 6.29. The molecule has 2 rings (SSSR count). The molecule has 0 saturated carbocycles. The minimum Gasteiger partial charge on any atom is -0.496 e. The van der Waals surface area contributed by atoms with Crippen LogP contribution in [0.3, 0.4) is 0 Å². The molecule has 3 heteroatoms. The van der Waals surface area contributed by atoms with E-state index >= 15 is 0 Å². The standard InChI is InChI=1S/C16H18ClNO/c1-11-8-9-13(15(10-11)19-3)16(18-2)12-6-4-5-7-14(12)17/h4-10,16,18H,1-3H3. The molecule has 0 fully saturated rings. The number of hydrogen-bond donors (Lipinski definition) is 1. The van der Waals surface area contributed by atoms with Crippen LogP contribution in [0.15, 0.2) is 42.5 Å². The fourth-order valence-corrected chi connectivity index (χ4v) is 2.49. The van der Waals surface area contributed by atoms with Gasteiger partial charge in [-0.2, -0.15) is 0 Å². The van der Waals surface area contributed by atoms with Crippen molar-refractivity contribution >= 4 is 11.6 Å². The molecule has 2 aromatic carbocycles.